The van der Waals surface area contributed by atoms with E-state index >= 15 is 0 Å². The van der Waals surface area contributed by atoms with Crippen molar-refractivity contribution in [2.24, 2.45) is 5.41 Å². The largest absolute Gasteiger partial charge is 0.354 e. The van der Waals surface area contributed by atoms with E-state index in [1.54, 1.807) is 0 Å². The molecule has 0 aliphatic heterocycles. The van der Waals surface area contributed by atoms with Gasteiger partial charge < -0.3 is 5.32 Å². The summed E-state index contributed by atoms with van der Waals surface area (Å²) in [5.74, 6) is 0.810. The number of rotatable bonds is 5. The molecule has 1 N–H and O–H groups in total. The standard InChI is InChI=1S/C17H23N5/c1-13-14-5-2-3-6-15(14)21-16(20-13)18-11-17(7-8-17)12-22-10-4-9-19-22/h4,9-10H,2-3,5-8,11-12H2,1H3,(H,18,20,21). The summed E-state index contributed by atoms with van der Waals surface area (Å²) in [5, 5.41) is 7.81. The van der Waals surface area contributed by atoms with E-state index in [-0.39, 0.29) is 0 Å². The van der Waals surface area contributed by atoms with Crippen molar-refractivity contribution >= 4 is 5.95 Å². The zero-order valence-electron chi connectivity index (χ0n) is 13.2. The van der Waals surface area contributed by atoms with Gasteiger partial charge in [0.15, 0.2) is 0 Å². The smallest absolute Gasteiger partial charge is 0.223 e. The topological polar surface area (TPSA) is 55.6 Å². The van der Waals surface area contributed by atoms with E-state index in [0.717, 1.165) is 37.6 Å². The molecule has 2 aliphatic carbocycles. The third-order valence-electron chi connectivity index (χ3n) is 5.03. The molecule has 5 nitrogen and oxygen atoms in total. The van der Waals surface area contributed by atoms with Crippen LogP contribution in [0.4, 0.5) is 5.95 Å². The van der Waals surface area contributed by atoms with Crippen LogP contribution in [0.1, 0.15) is 42.6 Å². The summed E-state index contributed by atoms with van der Waals surface area (Å²) < 4.78 is 2.04. The Morgan fingerprint density at radius 3 is 2.86 bits per heavy atom. The van der Waals surface area contributed by atoms with Gasteiger partial charge in [0.05, 0.1) is 0 Å². The molecule has 1 saturated carbocycles. The maximum Gasteiger partial charge on any atom is 0.223 e. The van der Waals surface area contributed by atoms with E-state index in [9.17, 15) is 0 Å². The van der Waals surface area contributed by atoms with Crippen molar-refractivity contribution in [2.45, 2.75) is 52.0 Å². The van der Waals surface area contributed by atoms with Crippen LogP contribution < -0.4 is 5.32 Å². The van der Waals surface area contributed by atoms with Crippen LogP contribution in [0.2, 0.25) is 0 Å². The van der Waals surface area contributed by atoms with Crippen LogP contribution in [0.3, 0.4) is 0 Å². The van der Waals surface area contributed by atoms with Crippen molar-refractivity contribution in [3.8, 4) is 0 Å². The third-order valence-corrected chi connectivity index (χ3v) is 5.03. The van der Waals surface area contributed by atoms with Crippen LogP contribution in [0, 0.1) is 12.3 Å². The molecule has 116 valence electrons. The number of aryl methyl sites for hydroxylation is 2. The van der Waals surface area contributed by atoms with Crippen molar-refractivity contribution < 1.29 is 0 Å². The summed E-state index contributed by atoms with van der Waals surface area (Å²) in [5.41, 5.74) is 4.14. The minimum Gasteiger partial charge on any atom is -0.354 e. The second kappa shape index (κ2) is 5.38. The Kier molecular flexibility index (Phi) is 3.36. The normalized spacial score (nSPS) is 18.8. The molecule has 0 unspecified atom stereocenters. The average molecular weight is 297 g/mol. The van der Waals surface area contributed by atoms with Crippen molar-refractivity contribution in [1.82, 2.24) is 19.7 Å². The van der Waals surface area contributed by atoms with Crippen LogP contribution in [-0.2, 0) is 19.4 Å². The van der Waals surface area contributed by atoms with E-state index in [2.05, 4.69) is 22.3 Å². The lowest BCUT2D eigenvalue weighted by atomic mass is 9.95. The SMILES string of the molecule is Cc1nc(NCC2(Cn3cccn3)CC2)nc2c1CCCC2. The fraction of sp³-hybridized carbons (Fsp3) is 0.588. The van der Waals surface area contributed by atoms with Gasteiger partial charge in [-0.3, -0.25) is 4.68 Å². The maximum absolute atomic E-state index is 4.76. The molecule has 0 radical (unpaired) electrons. The summed E-state index contributed by atoms with van der Waals surface area (Å²) in [7, 11) is 0. The number of hydrogen-bond acceptors (Lipinski definition) is 4. The molecule has 4 rings (SSSR count). The van der Waals surface area contributed by atoms with Gasteiger partial charge in [-0.15, -0.1) is 0 Å². The van der Waals surface area contributed by atoms with E-state index in [4.69, 9.17) is 4.98 Å². The van der Waals surface area contributed by atoms with Gasteiger partial charge in [-0.2, -0.15) is 5.10 Å². The molecule has 2 aromatic heterocycles. The summed E-state index contributed by atoms with van der Waals surface area (Å²) >= 11 is 0. The first-order chi connectivity index (χ1) is 10.7. The maximum atomic E-state index is 4.76. The second-order valence-corrected chi connectivity index (χ2v) is 6.82. The van der Waals surface area contributed by atoms with E-state index in [1.165, 1.54) is 36.9 Å². The zero-order chi connectivity index (χ0) is 15.0. The molecule has 2 aromatic rings. The number of hydrogen-bond donors (Lipinski definition) is 1. The van der Waals surface area contributed by atoms with Crippen LogP contribution in [0.25, 0.3) is 0 Å². The van der Waals surface area contributed by atoms with Gasteiger partial charge in [0.1, 0.15) is 0 Å². The zero-order valence-corrected chi connectivity index (χ0v) is 13.2. The predicted molar refractivity (Wildman–Crippen MR) is 85.8 cm³/mol. The van der Waals surface area contributed by atoms with Gasteiger partial charge in [0.2, 0.25) is 5.95 Å². The highest BCUT2D eigenvalue weighted by molar-refractivity contribution is 5.36. The number of aromatic nitrogens is 4. The number of nitrogens with zero attached hydrogens (tertiary/aromatic N) is 4. The average Bonchev–Trinajstić information content (AvgIpc) is 3.09. The minimum atomic E-state index is 0.333. The molecule has 22 heavy (non-hydrogen) atoms. The molecule has 2 aliphatic rings. The van der Waals surface area contributed by atoms with Gasteiger partial charge in [-0.25, -0.2) is 9.97 Å². The molecule has 0 amide bonds. The van der Waals surface area contributed by atoms with Gasteiger partial charge in [0.25, 0.3) is 0 Å². The first kappa shape index (κ1) is 13.7. The van der Waals surface area contributed by atoms with Crippen LogP contribution >= 0.6 is 0 Å². The number of nitrogens with one attached hydrogen (secondary N) is 1. The fourth-order valence-electron chi connectivity index (χ4n) is 3.43. The van der Waals surface area contributed by atoms with Gasteiger partial charge in [-0.1, -0.05) is 0 Å². The molecular weight excluding hydrogens is 274 g/mol. The third kappa shape index (κ3) is 2.72. The Labute approximate surface area is 131 Å². The molecular formula is C17H23N5. The minimum absolute atomic E-state index is 0.333. The van der Waals surface area contributed by atoms with Crippen LogP contribution in [0.5, 0.6) is 0 Å². The molecule has 0 saturated heterocycles. The Hall–Kier alpha value is -1.91. The Bertz CT molecular complexity index is 658. The Morgan fingerprint density at radius 2 is 2.09 bits per heavy atom. The summed E-state index contributed by atoms with van der Waals surface area (Å²) in [4.78, 5) is 9.43. The molecule has 0 atom stereocenters. The summed E-state index contributed by atoms with van der Waals surface area (Å²) in [6.07, 6.45) is 11.2. The lowest BCUT2D eigenvalue weighted by molar-refractivity contribution is 0.415. The van der Waals surface area contributed by atoms with Crippen molar-refractivity contribution in [3.05, 3.63) is 35.4 Å². The van der Waals surface area contributed by atoms with Crippen LogP contribution in [0.15, 0.2) is 18.5 Å². The highest BCUT2D eigenvalue weighted by Gasteiger charge is 2.43. The lowest BCUT2D eigenvalue weighted by Gasteiger charge is -2.20. The van der Waals surface area contributed by atoms with E-state index in [0.29, 0.717) is 5.41 Å². The first-order valence-corrected chi connectivity index (χ1v) is 8.32. The summed E-state index contributed by atoms with van der Waals surface area (Å²) in [6.45, 7) is 4.04. The Morgan fingerprint density at radius 1 is 1.23 bits per heavy atom. The quantitative estimate of drug-likeness (QED) is 0.922. The molecule has 0 bridgehead atoms. The predicted octanol–water partition coefficient (Wildman–Crippen LogP) is 2.75. The molecule has 1 fully saturated rings. The van der Waals surface area contributed by atoms with Gasteiger partial charge in [-0.05, 0) is 57.1 Å². The molecule has 5 heteroatoms. The first-order valence-electron chi connectivity index (χ1n) is 8.32. The molecule has 0 spiro atoms. The number of anilines is 1. The van der Waals surface area contributed by atoms with Gasteiger partial charge in [0, 0.05) is 42.3 Å². The Balaban J connectivity index is 1.44. The van der Waals surface area contributed by atoms with Crippen LogP contribution in [-0.4, -0.2) is 26.3 Å². The van der Waals surface area contributed by atoms with Crippen molar-refractivity contribution in [2.75, 3.05) is 11.9 Å². The monoisotopic (exact) mass is 297 g/mol. The van der Waals surface area contributed by atoms with E-state index in [1.807, 2.05) is 23.1 Å². The van der Waals surface area contributed by atoms with Gasteiger partial charge >= 0.3 is 0 Å². The van der Waals surface area contributed by atoms with Crippen molar-refractivity contribution in [1.29, 1.82) is 0 Å². The lowest BCUT2D eigenvalue weighted by Crippen LogP contribution is -2.23. The molecule has 2 heterocycles. The second-order valence-electron chi connectivity index (χ2n) is 6.82. The molecule has 0 aromatic carbocycles. The summed E-state index contributed by atoms with van der Waals surface area (Å²) in [6, 6.07) is 1.99. The number of fused-ring (bicyclic) bond motifs is 1. The highest BCUT2D eigenvalue weighted by atomic mass is 15.3. The highest BCUT2D eigenvalue weighted by Crippen LogP contribution is 2.46. The fourth-order valence-corrected chi connectivity index (χ4v) is 3.43. The van der Waals surface area contributed by atoms with Crippen molar-refractivity contribution in [3.63, 3.8) is 0 Å². The van der Waals surface area contributed by atoms with E-state index < -0.39 is 0 Å².